The highest BCUT2D eigenvalue weighted by molar-refractivity contribution is 5.96. The number of rotatable bonds is 4. The van der Waals surface area contributed by atoms with Crippen molar-refractivity contribution in [3.63, 3.8) is 0 Å². The van der Waals surface area contributed by atoms with E-state index in [2.05, 4.69) is 10.6 Å². The van der Waals surface area contributed by atoms with Gasteiger partial charge in [-0.25, -0.2) is 0 Å². The van der Waals surface area contributed by atoms with Gasteiger partial charge in [0.2, 0.25) is 0 Å². The Hall–Kier alpha value is -2.04. The van der Waals surface area contributed by atoms with Gasteiger partial charge in [0.1, 0.15) is 0 Å². The molecule has 1 aromatic rings. The number of carboxylic acid groups (broad SMARTS) is 1. The Bertz CT molecular complexity index is 550. The molecular weight excluding hydrogens is 244 g/mol. The first-order chi connectivity index (χ1) is 9.11. The van der Waals surface area contributed by atoms with E-state index < -0.39 is 11.4 Å². The van der Waals surface area contributed by atoms with Gasteiger partial charge < -0.3 is 15.7 Å². The van der Waals surface area contributed by atoms with Crippen LogP contribution in [0, 0.1) is 5.41 Å². The van der Waals surface area contributed by atoms with Gasteiger partial charge in [-0.3, -0.25) is 9.59 Å². The third-order valence-electron chi connectivity index (χ3n) is 3.98. The third kappa shape index (κ3) is 2.16. The molecule has 1 amide bonds. The van der Waals surface area contributed by atoms with E-state index in [1.807, 2.05) is 12.1 Å². The highest BCUT2D eigenvalue weighted by atomic mass is 16.4. The van der Waals surface area contributed by atoms with E-state index in [1.165, 1.54) is 5.56 Å². The van der Waals surface area contributed by atoms with Crippen LogP contribution < -0.4 is 10.6 Å². The Labute approximate surface area is 111 Å². The van der Waals surface area contributed by atoms with Crippen LogP contribution in [0.5, 0.6) is 0 Å². The maximum atomic E-state index is 12.0. The van der Waals surface area contributed by atoms with E-state index in [0.717, 1.165) is 18.7 Å². The van der Waals surface area contributed by atoms with Crippen molar-refractivity contribution in [3.05, 3.63) is 29.3 Å². The van der Waals surface area contributed by atoms with Crippen LogP contribution in [-0.2, 0) is 11.2 Å². The largest absolute Gasteiger partial charge is 0.481 e. The lowest BCUT2D eigenvalue weighted by molar-refractivity contribution is -0.143. The average molecular weight is 260 g/mol. The number of hydrogen-bond acceptors (Lipinski definition) is 3. The summed E-state index contributed by atoms with van der Waals surface area (Å²) in [5.74, 6) is -1.02. The molecule has 3 rings (SSSR count). The quantitative estimate of drug-likeness (QED) is 0.761. The molecule has 0 atom stereocenters. The smallest absolute Gasteiger partial charge is 0.311 e. The number of anilines is 1. The molecule has 1 saturated carbocycles. The summed E-state index contributed by atoms with van der Waals surface area (Å²) in [6, 6.07) is 5.58. The van der Waals surface area contributed by atoms with Crippen LogP contribution in [0.25, 0.3) is 0 Å². The van der Waals surface area contributed by atoms with E-state index >= 15 is 0 Å². The van der Waals surface area contributed by atoms with Crippen molar-refractivity contribution >= 4 is 17.6 Å². The fourth-order valence-corrected chi connectivity index (χ4v) is 2.40. The molecule has 0 unspecified atom stereocenters. The van der Waals surface area contributed by atoms with Crippen molar-refractivity contribution in [2.45, 2.75) is 19.3 Å². The summed E-state index contributed by atoms with van der Waals surface area (Å²) in [7, 11) is 0. The fourth-order valence-electron chi connectivity index (χ4n) is 2.40. The lowest BCUT2D eigenvalue weighted by Gasteiger charge is -2.11. The summed E-state index contributed by atoms with van der Waals surface area (Å²) in [6.07, 6.45) is 2.28. The first kappa shape index (κ1) is 12.0. The van der Waals surface area contributed by atoms with Crippen LogP contribution >= 0.6 is 0 Å². The summed E-state index contributed by atoms with van der Waals surface area (Å²) in [6.45, 7) is 1.12. The Morgan fingerprint density at radius 3 is 2.84 bits per heavy atom. The summed E-state index contributed by atoms with van der Waals surface area (Å²) in [5.41, 5.74) is 2.09. The normalized spacial score (nSPS) is 18.3. The molecule has 0 saturated heterocycles. The van der Waals surface area contributed by atoms with E-state index in [1.54, 1.807) is 6.07 Å². The number of carbonyl (C=O) groups is 2. The minimum Gasteiger partial charge on any atom is -0.481 e. The Balaban J connectivity index is 1.66. The Kier molecular flexibility index (Phi) is 2.69. The molecule has 100 valence electrons. The number of carbonyl (C=O) groups excluding carboxylic acids is 1. The number of fused-ring (bicyclic) bond motifs is 1. The maximum absolute atomic E-state index is 12.0. The predicted octanol–water partition coefficient (Wildman–Crippen LogP) is 1.25. The lowest BCUT2D eigenvalue weighted by Crippen LogP contribution is -2.34. The second-order valence-electron chi connectivity index (χ2n) is 5.32. The summed E-state index contributed by atoms with van der Waals surface area (Å²) >= 11 is 0. The van der Waals surface area contributed by atoms with Crippen LogP contribution in [0.3, 0.4) is 0 Å². The molecule has 2 aliphatic rings. The van der Waals surface area contributed by atoms with E-state index in [0.29, 0.717) is 18.4 Å². The van der Waals surface area contributed by atoms with Crippen molar-refractivity contribution in [3.8, 4) is 0 Å². The zero-order valence-corrected chi connectivity index (χ0v) is 10.5. The molecule has 1 aromatic carbocycles. The van der Waals surface area contributed by atoms with Crippen molar-refractivity contribution in [2.24, 2.45) is 5.41 Å². The lowest BCUT2D eigenvalue weighted by atomic mass is 10.1. The van der Waals surface area contributed by atoms with Crippen LogP contribution in [-0.4, -0.2) is 30.1 Å². The van der Waals surface area contributed by atoms with Crippen molar-refractivity contribution in [1.29, 1.82) is 0 Å². The van der Waals surface area contributed by atoms with Crippen LogP contribution in [0.15, 0.2) is 18.2 Å². The first-order valence-electron chi connectivity index (χ1n) is 6.49. The van der Waals surface area contributed by atoms with Gasteiger partial charge in [-0.2, -0.15) is 0 Å². The monoisotopic (exact) mass is 260 g/mol. The number of carboxylic acids is 1. The van der Waals surface area contributed by atoms with Crippen molar-refractivity contribution in [2.75, 3.05) is 18.4 Å². The number of aliphatic carboxylic acids is 1. The van der Waals surface area contributed by atoms with Crippen molar-refractivity contribution < 1.29 is 14.7 Å². The predicted molar refractivity (Wildman–Crippen MR) is 70.3 cm³/mol. The van der Waals surface area contributed by atoms with Gasteiger partial charge >= 0.3 is 5.97 Å². The van der Waals surface area contributed by atoms with Crippen LogP contribution in [0.4, 0.5) is 5.69 Å². The standard InChI is InChI=1S/C14H16N2O3/c17-12(16-8-14(4-5-14)13(18)19)10-2-1-9-3-6-15-11(9)7-10/h1-2,7,15H,3-6,8H2,(H,16,17)(H,18,19). The number of benzene rings is 1. The van der Waals surface area contributed by atoms with Gasteiger partial charge in [-0.1, -0.05) is 6.07 Å². The molecule has 0 radical (unpaired) electrons. The molecule has 1 fully saturated rings. The van der Waals surface area contributed by atoms with Crippen LogP contribution in [0.2, 0.25) is 0 Å². The molecule has 5 heteroatoms. The average Bonchev–Trinajstić information content (AvgIpc) is 3.06. The van der Waals surface area contributed by atoms with E-state index in [4.69, 9.17) is 5.11 Å². The molecule has 0 bridgehead atoms. The van der Waals surface area contributed by atoms with Gasteiger partial charge in [0.15, 0.2) is 0 Å². The van der Waals surface area contributed by atoms with Gasteiger partial charge in [0, 0.05) is 24.3 Å². The topological polar surface area (TPSA) is 78.4 Å². The van der Waals surface area contributed by atoms with Gasteiger partial charge in [0.05, 0.1) is 5.41 Å². The fraction of sp³-hybridized carbons (Fsp3) is 0.429. The number of hydrogen-bond donors (Lipinski definition) is 3. The van der Waals surface area contributed by atoms with Gasteiger partial charge in [-0.05, 0) is 37.0 Å². The molecule has 1 aliphatic carbocycles. The molecule has 0 spiro atoms. The summed E-state index contributed by atoms with van der Waals surface area (Å²) in [4.78, 5) is 23.0. The highest BCUT2D eigenvalue weighted by Crippen LogP contribution is 2.45. The van der Waals surface area contributed by atoms with E-state index in [9.17, 15) is 9.59 Å². The molecule has 1 heterocycles. The van der Waals surface area contributed by atoms with Crippen molar-refractivity contribution in [1.82, 2.24) is 5.32 Å². The second kappa shape index (κ2) is 4.26. The third-order valence-corrected chi connectivity index (χ3v) is 3.98. The summed E-state index contributed by atoms with van der Waals surface area (Å²) < 4.78 is 0. The molecule has 1 aliphatic heterocycles. The molecule has 0 aromatic heterocycles. The molecule has 5 nitrogen and oxygen atoms in total. The Morgan fingerprint density at radius 2 is 2.16 bits per heavy atom. The maximum Gasteiger partial charge on any atom is 0.311 e. The molecule has 3 N–H and O–H groups in total. The zero-order chi connectivity index (χ0) is 13.5. The SMILES string of the molecule is O=C(NCC1(C(=O)O)CC1)c1ccc2c(c1)NCC2. The first-order valence-corrected chi connectivity index (χ1v) is 6.49. The number of nitrogens with one attached hydrogen (secondary N) is 2. The zero-order valence-electron chi connectivity index (χ0n) is 10.5. The van der Waals surface area contributed by atoms with E-state index in [-0.39, 0.29) is 12.5 Å². The molecular formula is C14H16N2O3. The molecule has 19 heavy (non-hydrogen) atoms. The second-order valence-corrected chi connectivity index (χ2v) is 5.32. The Morgan fingerprint density at radius 1 is 1.37 bits per heavy atom. The van der Waals surface area contributed by atoms with Gasteiger partial charge in [0.25, 0.3) is 5.91 Å². The number of amides is 1. The van der Waals surface area contributed by atoms with Crippen LogP contribution in [0.1, 0.15) is 28.8 Å². The minimum absolute atomic E-state index is 0.205. The highest BCUT2D eigenvalue weighted by Gasteiger charge is 2.50. The minimum atomic E-state index is -0.816. The summed E-state index contributed by atoms with van der Waals surface area (Å²) in [5, 5.41) is 15.0. The van der Waals surface area contributed by atoms with Gasteiger partial charge in [-0.15, -0.1) is 0 Å².